The Balaban J connectivity index is 1.60. The molecule has 1 amide bonds. The number of aryl methyl sites for hydroxylation is 1. The zero-order valence-corrected chi connectivity index (χ0v) is 20.2. The molecule has 0 bridgehead atoms. The van der Waals surface area contributed by atoms with Crippen molar-refractivity contribution in [2.24, 2.45) is 0 Å². The molecular formula is C23H18ClFN4O3S2. The third-order valence-corrected chi connectivity index (χ3v) is 7.74. The standard InChI is InChI=1S/C23H18ClFN4O3S2/c1-15-7-9-16(10-8-15)22-27-28-23(33-22)26-21(30)14-29(17-11-12-20(25)19(24)13-17)34(31,32)18-5-3-2-4-6-18/h2-13H,14H2,1H3,(H,26,28,30). The maximum atomic E-state index is 13.7. The molecule has 0 radical (unpaired) electrons. The van der Waals surface area contributed by atoms with E-state index in [9.17, 15) is 17.6 Å². The summed E-state index contributed by atoms with van der Waals surface area (Å²) in [6.45, 7) is 1.39. The highest BCUT2D eigenvalue weighted by atomic mass is 35.5. The van der Waals surface area contributed by atoms with Crippen LogP contribution >= 0.6 is 22.9 Å². The number of sulfonamides is 1. The number of nitrogens with one attached hydrogen (secondary N) is 1. The lowest BCUT2D eigenvalue weighted by Crippen LogP contribution is -2.38. The van der Waals surface area contributed by atoms with Crippen molar-refractivity contribution in [3.8, 4) is 10.6 Å². The van der Waals surface area contributed by atoms with Gasteiger partial charge in [0.2, 0.25) is 11.0 Å². The summed E-state index contributed by atoms with van der Waals surface area (Å²) in [5, 5.41) is 11.2. The van der Waals surface area contributed by atoms with Crippen LogP contribution in [0.5, 0.6) is 0 Å². The van der Waals surface area contributed by atoms with Gasteiger partial charge in [0.25, 0.3) is 10.0 Å². The number of carbonyl (C=O) groups is 1. The van der Waals surface area contributed by atoms with E-state index in [4.69, 9.17) is 11.6 Å². The molecule has 0 aliphatic rings. The molecule has 0 spiro atoms. The van der Waals surface area contributed by atoms with Crippen LogP contribution in [0.1, 0.15) is 5.56 Å². The van der Waals surface area contributed by atoms with Gasteiger partial charge in [-0.3, -0.25) is 14.4 Å². The van der Waals surface area contributed by atoms with E-state index >= 15 is 0 Å². The topological polar surface area (TPSA) is 92.3 Å². The van der Waals surface area contributed by atoms with Crippen LogP contribution in [0.15, 0.2) is 77.7 Å². The number of halogens is 2. The molecule has 7 nitrogen and oxygen atoms in total. The summed E-state index contributed by atoms with van der Waals surface area (Å²) in [5.41, 5.74) is 1.99. The van der Waals surface area contributed by atoms with E-state index in [1.54, 1.807) is 18.2 Å². The quantitative estimate of drug-likeness (QED) is 0.367. The summed E-state index contributed by atoms with van der Waals surface area (Å²) < 4.78 is 41.2. The summed E-state index contributed by atoms with van der Waals surface area (Å²) >= 11 is 7.04. The van der Waals surface area contributed by atoms with Crippen molar-refractivity contribution >= 4 is 49.7 Å². The first-order valence-corrected chi connectivity index (χ1v) is 12.6. The van der Waals surface area contributed by atoms with Gasteiger partial charge >= 0.3 is 0 Å². The van der Waals surface area contributed by atoms with Crippen LogP contribution in [0, 0.1) is 12.7 Å². The summed E-state index contributed by atoms with van der Waals surface area (Å²) in [4.78, 5) is 12.8. The van der Waals surface area contributed by atoms with Gasteiger partial charge in [0, 0.05) is 5.56 Å². The maximum absolute atomic E-state index is 13.7. The highest BCUT2D eigenvalue weighted by Gasteiger charge is 2.28. The Labute approximate surface area is 204 Å². The summed E-state index contributed by atoms with van der Waals surface area (Å²) in [5.74, 6) is -1.35. The van der Waals surface area contributed by atoms with Gasteiger partial charge in [-0.1, -0.05) is 71.0 Å². The Morgan fingerprint density at radius 1 is 1.06 bits per heavy atom. The third-order valence-electron chi connectivity index (χ3n) is 4.78. The molecule has 0 saturated carbocycles. The van der Waals surface area contributed by atoms with Crippen LogP contribution in [-0.4, -0.2) is 31.1 Å². The predicted octanol–water partition coefficient (Wildman–Crippen LogP) is 5.14. The molecule has 0 unspecified atom stereocenters. The van der Waals surface area contributed by atoms with Crippen molar-refractivity contribution in [1.82, 2.24) is 10.2 Å². The van der Waals surface area contributed by atoms with Gasteiger partial charge in [0.05, 0.1) is 15.6 Å². The average Bonchev–Trinajstić information content (AvgIpc) is 3.28. The van der Waals surface area contributed by atoms with E-state index < -0.39 is 28.3 Å². The van der Waals surface area contributed by atoms with E-state index in [1.807, 2.05) is 31.2 Å². The normalized spacial score (nSPS) is 11.3. The predicted molar refractivity (Wildman–Crippen MR) is 131 cm³/mol. The zero-order valence-electron chi connectivity index (χ0n) is 17.8. The van der Waals surface area contributed by atoms with Crippen LogP contribution < -0.4 is 9.62 Å². The number of aromatic nitrogens is 2. The fourth-order valence-corrected chi connectivity index (χ4v) is 5.42. The van der Waals surface area contributed by atoms with Gasteiger partial charge in [0.15, 0.2) is 0 Å². The van der Waals surface area contributed by atoms with E-state index in [2.05, 4.69) is 15.5 Å². The number of hydrogen-bond donors (Lipinski definition) is 1. The molecule has 0 aliphatic heterocycles. The highest BCUT2D eigenvalue weighted by Crippen LogP contribution is 2.29. The van der Waals surface area contributed by atoms with Crippen LogP contribution in [0.4, 0.5) is 15.2 Å². The first-order valence-electron chi connectivity index (χ1n) is 9.97. The van der Waals surface area contributed by atoms with Crippen LogP contribution in [0.25, 0.3) is 10.6 Å². The molecule has 11 heteroatoms. The van der Waals surface area contributed by atoms with E-state index in [0.29, 0.717) is 5.01 Å². The molecule has 0 saturated heterocycles. The molecule has 0 fully saturated rings. The zero-order chi connectivity index (χ0) is 24.3. The molecule has 1 heterocycles. The minimum atomic E-state index is -4.15. The third kappa shape index (κ3) is 5.24. The minimum absolute atomic E-state index is 0.0270. The molecule has 0 atom stereocenters. The van der Waals surface area contributed by atoms with Crippen molar-refractivity contribution in [2.75, 3.05) is 16.2 Å². The van der Waals surface area contributed by atoms with Gasteiger partial charge in [-0.25, -0.2) is 12.8 Å². The largest absolute Gasteiger partial charge is 0.299 e. The van der Waals surface area contributed by atoms with Crippen molar-refractivity contribution in [2.45, 2.75) is 11.8 Å². The lowest BCUT2D eigenvalue weighted by atomic mass is 10.2. The van der Waals surface area contributed by atoms with Crippen molar-refractivity contribution < 1.29 is 17.6 Å². The summed E-state index contributed by atoms with van der Waals surface area (Å²) in [7, 11) is -4.15. The van der Waals surface area contributed by atoms with Gasteiger partial charge in [-0.05, 0) is 37.3 Å². The number of carbonyl (C=O) groups excluding carboxylic acids is 1. The molecule has 4 rings (SSSR count). The fourth-order valence-electron chi connectivity index (χ4n) is 3.05. The Morgan fingerprint density at radius 3 is 2.44 bits per heavy atom. The minimum Gasteiger partial charge on any atom is -0.299 e. The Hall–Kier alpha value is -3.34. The fraction of sp³-hybridized carbons (Fsp3) is 0.0870. The monoisotopic (exact) mass is 516 g/mol. The molecule has 1 aromatic heterocycles. The Morgan fingerprint density at radius 2 is 1.76 bits per heavy atom. The first-order chi connectivity index (χ1) is 16.2. The molecule has 0 aliphatic carbocycles. The second kappa shape index (κ2) is 9.88. The number of benzene rings is 3. The molecule has 34 heavy (non-hydrogen) atoms. The van der Waals surface area contributed by atoms with Crippen molar-refractivity contribution in [3.63, 3.8) is 0 Å². The van der Waals surface area contributed by atoms with Gasteiger partial charge < -0.3 is 0 Å². The SMILES string of the molecule is Cc1ccc(-c2nnc(NC(=O)CN(c3ccc(F)c(Cl)c3)S(=O)(=O)c3ccccc3)s2)cc1. The number of hydrogen-bond acceptors (Lipinski definition) is 6. The molecule has 174 valence electrons. The Bertz CT molecular complexity index is 1430. The van der Waals surface area contributed by atoms with Crippen LogP contribution in [-0.2, 0) is 14.8 Å². The number of anilines is 2. The van der Waals surface area contributed by atoms with E-state index in [0.717, 1.165) is 38.9 Å². The smallest absolute Gasteiger partial charge is 0.264 e. The van der Waals surface area contributed by atoms with Gasteiger partial charge in [0.1, 0.15) is 17.4 Å². The lowest BCUT2D eigenvalue weighted by Gasteiger charge is -2.24. The van der Waals surface area contributed by atoms with E-state index in [-0.39, 0.29) is 20.7 Å². The number of amides is 1. The number of nitrogens with zero attached hydrogens (tertiary/aromatic N) is 3. The first kappa shape index (κ1) is 23.8. The van der Waals surface area contributed by atoms with Crippen LogP contribution in [0.3, 0.4) is 0 Å². The second-order valence-corrected chi connectivity index (χ2v) is 10.5. The molecule has 1 N–H and O–H groups in total. The summed E-state index contributed by atoms with van der Waals surface area (Å²) in [6, 6.07) is 18.7. The van der Waals surface area contributed by atoms with Gasteiger partial charge in [-0.15, -0.1) is 10.2 Å². The van der Waals surface area contributed by atoms with Crippen molar-refractivity contribution in [1.29, 1.82) is 0 Å². The summed E-state index contributed by atoms with van der Waals surface area (Å²) in [6.07, 6.45) is 0. The number of rotatable bonds is 7. The van der Waals surface area contributed by atoms with Gasteiger partial charge in [-0.2, -0.15) is 0 Å². The molecule has 4 aromatic rings. The average molecular weight is 517 g/mol. The highest BCUT2D eigenvalue weighted by molar-refractivity contribution is 7.92. The van der Waals surface area contributed by atoms with Crippen LogP contribution in [0.2, 0.25) is 5.02 Å². The second-order valence-electron chi connectivity index (χ2n) is 7.25. The lowest BCUT2D eigenvalue weighted by molar-refractivity contribution is -0.114. The maximum Gasteiger partial charge on any atom is 0.264 e. The Kier molecular flexibility index (Phi) is 6.92. The molecular weight excluding hydrogens is 499 g/mol. The van der Waals surface area contributed by atoms with E-state index in [1.165, 1.54) is 18.2 Å². The molecule has 3 aromatic carbocycles. The van der Waals surface area contributed by atoms with Crippen molar-refractivity contribution in [3.05, 3.63) is 89.2 Å².